The molecule has 0 radical (unpaired) electrons. The van der Waals surface area contributed by atoms with Gasteiger partial charge >= 0.3 is 5.97 Å². The molecule has 2 rings (SSSR count). The molecule has 0 aliphatic heterocycles. The zero-order chi connectivity index (χ0) is 15.2. The van der Waals surface area contributed by atoms with Crippen LogP contribution in [0.4, 0.5) is 5.82 Å². The maximum absolute atomic E-state index is 11.9. The molecule has 0 amide bonds. The van der Waals surface area contributed by atoms with Gasteiger partial charge in [-0.25, -0.2) is 9.78 Å². The third kappa shape index (κ3) is 3.60. The molecular formula is C17H20N2O2. The highest BCUT2D eigenvalue weighted by molar-refractivity contribution is 5.94. The molecule has 2 aromatic rings. The van der Waals surface area contributed by atoms with E-state index >= 15 is 0 Å². The van der Waals surface area contributed by atoms with Gasteiger partial charge < -0.3 is 10.1 Å². The average molecular weight is 284 g/mol. The minimum atomic E-state index is -0.356. The van der Waals surface area contributed by atoms with Crippen LogP contribution in [0, 0.1) is 6.92 Å². The minimum absolute atomic E-state index is 0.0503. The molecule has 0 fully saturated rings. The number of benzene rings is 1. The highest BCUT2D eigenvalue weighted by Crippen LogP contribution is 2.23. The number of anilines is 1. The van der Waals surface area contributed by atoms with Gasteiger partial charge in [0.15, 0.2) is 0 Å². The Hall–Kier alpha value is -2.36. The van der Waals surface area contributed by atoms with Gasteiger partial charge in [-0.3, -0.25) is 0 Å². The van der Waals surface area contributed by atoms with Crippen molar-refractivity contribution >= 4 is 11.8 Å². The van der Waals surface area contributed by atoms with E-state index in [1.165, 1.54) is 11.1 Å². The number of hydrogen-bond donors (Lipinski definition) is 1. The summed E-state index contributed by atoms with van der Waals surface area (Å²) in [6.07, 6.45) is 1.66. The van der Waals surface area contributed by atoms with E-state index in [4.69, 9.17) is 4.74 Å². The van der Waals surface area contributed by atoms with E-state index in [2.05, 4.69) is 29.4 Å². The number of ether oxygens (including phenoxy) is 1. The van der Waals surface area contributed by atoms with E-state index in [1.54, 1.807) is 25.3 Å². The van der Waals surface area contributed by atoms with Crippen molar-refractivity contribution in [3.05, 3.63) is 59.3 Å². The van der Waals surface area contributed by atoms with Crippen LogP contribution >= 0.6 is 0 Å². The number of rotatable bonds is 5. The fraction of sp³-hybridized carbons (Fsp3) is 0.294. The van der Waals surface area contributed by atoms with Gasteiger partial charge in [-0.2, -0.15) is 0 Å². The number of aryl methyl sites for hydroxylation is 1. The van der Waals surface area contributed by atoms with Gasteiger partial charge in [0.1, 0.15) is 11.4 Å². The highest BCUT2D eigenvalue weighted by atomic mass is 16.5. The summed E-state index contributed by atoms with van der Waals surface area (Å²) in [6, 6.07) is 11.7. The Balaban J connectivity index is 2.24. The summed E-state index contributed by atoms with van der Waals surface area (Å²) in [5.74, 6) is 0.191. The highest BCUT2D eigenvalue weighted by Gasteiger charge is 2.16. The third-order valence-electron chi connectivity index (χ3n) is 3.31. The third-order valence-corrected chi connectivity index (χ3v) is 3.31. The number of carbonyl (C=O) groups is 1. The summed E-state index contributed by atoms with van der Waals surface area (Å²) in [7, 11) is 0. The molecule has 1 atom stereocenters. The van der Waals surface area contributed by atoms with Gasteiger partial charge in [-0.05, 0) is 44.0 Å². The first-order valence-corrected chi connectivity index (χ1v) is 7.07. The van der Waals surface area contributed by atoms with Crippen LogP contribution in [0.15, 0.2) is 42.6 Å². The molecule has 0 aliphatic rings. The first-order chi connectivity index (χ1) is 10.1. The van der Waals surface area contributed by atoms with Gasteiger partial charge in [0.2, 0.25) is 0 Å². The normalized spacial score (nSPS) is 11.8. The number of nitrogens with one attached hydrogen (secondary N) is 1. The lowest BCUT2D eigenvalue weighted by molar-refractivity contribution is 0.0527. The number of hydrogen-bond acceptors (Lipinski definition) is 4. The fourth-order valence-electron chi connectivity index (χ4n) is 2.25. The summed E-state index contributed by atoms with van der Waals surface area (Å²) in [4.78, 5) is 16.2. The zero-order valence-corrected chi connectivity index (χ0v) is 12.6. The van der Waals surface area contributed by atoms with Crippen molar-refractivity contribution in [3.8, 4) is 0 Å². The molecule has 1 aromatic carbocycles. The van der Waals surface area contributed by atoms with E-state index in [-0.39, 0.29) is 12.0 Å². The molecule has 0 saturated heterocycles. The second-order valence-electron chi connectivity index (χ2n) is 4.84. The number of esters is 1. The topological polar surface area (TPSA) is 51.2 Å². The Morgan fingerprint density at radius 1 is 1.29 bits per heavy atom. The molecule has 0 saturated carbocycles. The van der Waals surface area contributed by atoms with Crippen LogP contribution in [0.1, 0.15) is 41.4 Å². The molecule has 0 bridgehead atoms. The molecule has 1 N–H and O–H groups in total. The lowest BCUT2D eigenvalue weighted by Gasteiger charge is -2.18. The van der Waals surface area contributed by atoms with Crippen molar-refractivity contribution in [1.82, 2.24) is 4.98 Å². The second kappa shape index (κ2) is 6.88. The number of aromatic nitrogens is 1. The predicted octanol–water partition coefficient (Wildman–Crippen LogP) is 3.74. The smallest absolute Gasteiger partial charge is 0.341 e. The molecule has 21 heavy (non-hydrogen) atoms. The molecule has 1 heterocycles. The predicted molar refractivity (Wildman–Crippen MR) is 83.4 cm³/mol. The van der Waals surface area contributed by atoms with Crippen LogP contribution in [-0.4, -0.2) is 17.6 Å². The first kappa shape index (κ1) is 15.0. The molecule has 0 aliphatic carbocycles. The number of nitrogens with zero attached hydrogens (tertiary/aromatic N) is 1. The minimum Gasteiger partial charge on any atom is -0.462 e. The van der Waals surface area contributed by atoms with Crippen LogP contribution in [0.3, 0.4) is 0 Å². The largest absolute Gasteiger partial charge is 0.462 e. The van der Waals surface area contributed by atoms with Crippen molar-refractivity contribution < 1.29 is 9.53 Å². The zero-order valence-electron chi connectivity index (χ0n) is 12.6. The van der Waals surface area contributed by atoms with E-state index in [1.807, 2.05) is 19.1 Å². The van der Waals surface area contributed by atoms with E-state index in [9.17, 15) is 4.79 Å². The summed E-state index contributed by atoms with van der Waals surface area (Å²) in [6.45, 7) is 6.25. The van der Waals surface area contributed by atoms with Gasteiger partial charge in [0, 0.05) is 6.20 Å². The first-order valence-electron chi connectivity index (χ1n) is 7.07. The van der Waals surface area contributed by atoms with Crippen molar-refractivity contribution in [2.45, 2.75) is 26.8 Å². The molecule has 0 spiro atoms. The van der Waals surface area contributed by atoms with E-state index in [0.29, 0.717) is 18.0 Å². The van der Waals surface area contributed by atoms with Crippen molar-refractivity contribution in [2.75, 3.05) is 11.9 Å². The molecule has 1 aromatic heterocycles. The van der Waals surface area contributed by atoms with Crippen molar-refractivity contribution in [2.24, 2.45) is 0 Å². The molecule has 110 valence electrons. The standard InChI is InChI=1S/C17H20N2O2/c1-4-21-17(20)15-10-7-11-18-16(15)19-13(3)14-9-6-5-8-12(14)2/h5-11,13H,4H2,1-3H3,(H,18,19). The quantitative estimate of drug-likeness (QED) is 0.850. The Kier molecular flexibility index (Phi) is 4.93. The molecule has 1 unspecified atom stereocenters. The van der Waals surface area contributed by atoms with Crippen molar-refractivity contribution in [3.63, 3.8) is 0 Å². The maximum atomic E-state index is 11.9. The Labute approximate surface area is 125 Å². The van der Waals surface area contributed by atoms with Crippen LogP contribution in [0.25, 0.3) is 0 Å². The van der Waals surface area contributed by atoms with Gasteiger partial charge in [0.25, 0.3) is 0 Å². The monoisotopic (exact) mass is 284 g/mol. The maximum Gasteiger partial charge on any atom is 0.341 e. The van der Waals surface area contributed by atoms with Crippen LogP contribution in [-0.2, 0) is 4.74 Å². The van der Waals surface area contributed by atoms with E-state index in [0.717, 1.165) is 0 Å². The molecule has 4 nitrogen and oxygen atoms in total. The van der Waals surface area contributed by atoms with E-state index < -0.39 is 0 Å². The lowest BCUT2D eigenvalue weighted by atomic mass is 10.0. The van der Waals surface area contributed by atoms with Gasteiger partial charge in [-0.15, -0.1) is 0 Å². The number of pyridine rings is 1. The summed E-state index contributed by atoms with van der Waals surface area (Å²) in [5.41, 5.74) is 2.84. The van der Waals surface area contributed by atoms with Crippen LogP contribution < -0.4 is 5.32 Å². The average Bonchev–Trinajstić information content (AvgIpc) is 2.48. The summed E-state index contributed by atoms with van der Waals surface area (Å²) in [5, 5.41) is 3.29. The summed E-state index contributed by atoms with van der Waals surface area (Å²) < 4.78 is 5.06. The lowest BCUT2D eigenvalue weighted by Crippen LogP contribution is -2.14. The summed E-state index contributed by atoms with van der Waals surface area (Å²) >= 11 is 0. The SMILES string of the molecule is CCOC(=O)c1cccnc1NC(C)c1ccccc1C. The Morgan fingerprint density at radius 3 is 2.76 bits per heavy atom. The molecule has 4 heteroatoms. The van der Waals surface area contributed by atoms with Crippen LogP contribution in [0.2, 0.25) is 0 Å². The second-order valence-corrected chi connectivity index (χ2v) is 4.84. The van der Waals surface area contributed by atoms with Crippen molar-refractivity contribution in [1.29, 1.82) is 0 Å². The Morgan fingerprint density at radius 2 is 2.05 bits per heavy atom. The molecular weight excluding hydrogens is 264 g/mol. The number of carbonyl (C=O) groups excluding carboxylic acids is 1. The van der Waals surface area contributed by atoms with Gasteiger partial charge in [-0.1, -0.05) is 24.3 Å². The Bertz CT molecular complexity index is 626. The van der Waals surface area contributed by atoms with Gasteiger partial charge in [0.05, 0.1) is 12.6 Å². The van der Waals surface area contributed by atoms with Crippen LogP contribution in [0.5, 0.6) is 0 Å². The fourth-order valence-corrected chi connectivity index (χ4v) is 2.25.